The molecule has 0 saturated heterocycles. The third-order valence-electron chi connectivity index (χ3n) is 3.32. The molecule has 2 N–H and O–H groups in total. The fourth-order valence-electron chi connectivity index (χ4n) is 2.22. The van der Waals surface area contributed by atoms with Crippen LogP contribution in [0.1, 0.15) is 10.4 Å². The molecule has 2 aromatic heterocycles. The predicted octanol–water partition coefficient (Wildman–Crippen LogP) is 2.89. The molecule has 0 bridgehead atoms. The van der Waals surface area contributed by atoms with E-state index in [2.05, 4.69) is 16.4 Å². The normalized spacial score (nSPS) is 10.9. The van der Waals surface area contributed by atoms with Crippen molar-refractivity contribution >= 4 is 22.2 Å². The summed E-state index contributed by atoms with van der Waals surface area (Å²) in [4.78, 5) is 16.3. The number of rotatable bonds is 5. The van der Waals surface area contributed by atoms with Gasteiger partial charge in [-0.3, -0.25) is 4.79 Å². The van der Waals surface area contributed by atoms with Gasteiger partial charge in [-0.25, -0.2) is 0 Å². The van der Waals surface area contributed by atoms with E-state index < -0.39 is 0 Å². The Morgan fingerprint density at radius 3 is 2.90 bits per heavy atom. The number of nitrogens with one attached hydrogen (secondary N) is 2. The summed E-state index contributed by atoms with van der Waals surface area (Å²) >= 11 is 1.71. The van der Waals surface area contributed by atoms with Crippen LogP contribution in [0.25, 0.3) is 10.9 Å². The molecule has 3 rings (SSSR count). The molecule has 0 fully saturated rings. The smallest absolute Gasteiger partial charge is 0.252 e. The van der Waals surface area contributed by atoms with E-state index in [-0.39, 0.29) is 5.56 Å². The largest absolute Gasteiger partial charge is 0.497 e. The Morgan fingerprint density at radius 1 is 1.24 bits per heavy atom. The first-order valence-electron chi connectivity index (χ1n) is 6.69. The molecule has 0 saturated carbocycles. The number of ether oxygens (including phenoxy) is 1. The Morgan fingerprint density at radius 2 is 2.14 bits per heavy atom. The highest BCUT2D eigenvalue weighted by Crippen LogP contribution is 2.18. The Kier molecular flexibility index (Phi) is 4.03. The lowest BCUT2D eigenvalue weighted by Gasteiger charge is -2.06. The van der Waals surface area contributed by atoms with Crippen LogP contribution in [-0.2, 0) is 13.1 Å². The summed E-state index contributed by atoms with van der Waals surface area (Å²) in [6.07, 6.45) is 0. The maximum Gasteiger partial charge on any atom is 0.252 e. The van der Waals surface area contributed by atoms with E-state index in [4.69, 9.17) is 4.74 Å². The number of benzene rings is 1. The van der Waals surface area contributed by atoms with Crippen LogP contribution >= 0.6 is 11.3 Å². The van der Waals surface area contributed by atoms with Crippen molar-refractivity contribution in [3.05, 3.63) is 62.6 Å². The maximum absolute atomic E-state index is 12.1. The van der Waals surface area contributed by atoms with Gasteiger partial charge in [0, 0.05) is 29.6 Å². The standard InChI is InChI=1S/C16H16N2O2S/c1-20-13-5-4-11-7-12(16(19)18-15(11)8-13)9-17-10-14-3-2-6-21-14/h2-8,17H,9-10H2,1H3,(H,18,19). The molecule has 5 heteroatoms. The number of thiophene rings is 1. The second kappa shape index (κ2) is 6.11. The van der Waals surface area contributed by atoms with Crippen molar-refractivity contribution in [1.82, 2.24) is 10.3 Å². The second-order valence-electron chi connectivity index (χ2n) is 4.76. The van der Waals surface area contributed by atoms with Crippen LogP contribution < -0.4 is 15.6 Å². The fraction of sp³-hybridized carbons (Fsp3) is 0.188. The van der Waals surface area contributed by atoms with Crippen molar-refractivity contribution in [3.63, 3.8) is 0 Å². The summed E-state index contributed by atoms with van der Waals surface area (Å²) < 4.78 is 5.17. The maximum atomic E-state index is 12.1. The Hall–Kier alpha value is -2.11. The van der Waals surface area contributed by atoms with Gasteiger partial charge in [-0.05, 0) is 35.0 Å². The van der Waals surface area contributed by atoms with Gasteiger partial charge in [0.05, 0.1) is 12.6 Å². The number of hydrogen-bond acceptors (Lipinski definition) is 4. The SMILES string of the molecule is COc1ccc2cc(CNCc3cccs3)c(=O)[nH]c2c1. The first kappa shape index (κ1) is 13.9. The number of fused-ring (bicyclic) bond motifs is 1. The van der Waals surface area contributed by atoms with Gasteiger partial charge >= 0.3 is 0 Å². The van der Waals surface area contributed by atoms with E-state index in [0.29, 0.717) is 6.54 Å². The zero-order chi connectivity index (χ0) is 14.7. The first-order valence-corrected chi connectivity index (χ1v) is 7.57. The highest BCUT2D eigenvalue weighted by molar-refractivity contribution is 7.09. The topological polar surface area (TPSA) is 54.1 Å². The van der Waals surface area contributed by atoms with Crippen molar-refractivity contribution in [1.29, 1.82) is 0 Å². The van der Waals surface area contributed by atoms with Gasteiger partial charge in [-0.1, -0.05) is 6.07 Å². The van der Waals surface area contributed by atoms with E-state index in [1.807, 2.05) is 35.7 Å². The van der Waals surface area contributed by atoms with E-state index in [1.165, 1.54) is 4.88 Å². The van der Waals surface area contributed by atoms with Crippen LogP contribution in [0.5, 0.6) is 5.75 Å². The Bertz CT molecular complexity index is 794. The highest BCUT2D eigenvalue weighted by Gasteiger charge is 2.04. The summed E-state index contributed by atoms with van der Waals surface area (Å²) in [5.74, 6) is 0.738. The van der Waals surface area contributed by atoms with Crippen molar-refractivity contribution < 1.29 is 4.74 Å². The van der Waals surface area contributed by atoms with E-state index >= 15 is 0 Å². The minimum Gasteiger partial charge on any atom is -0.497 e. The highest BCUT2D eigenvalue weighted by atomic mass is 32.1. The summed E-state index contributed by atoms with van der Waals surface area (Å²) in [7, 11) is 1.61. The minimum atomic E-state index is -0.0607. The van der Waals surface area contributed by atoms with Crippen molar-refractivity contribution in [3.8, 4) is 5.75 Å². The van der Waals surface area contributed by atoms with Gasteiger partial charge in [0.15, 0.2) is 0 Å². The zero-order valence-electron chi connectivity index (χ0n) is 11.7. The van der Waals surface area contributed by atoms with Crippen molar-refractivity contribution in [2.75, 3.05) is 7.11 Å². The first-order chi connectivity index (χ1) is 10.3. The lowest BCUT2D eigenvalue weighted by molar-refractivity contribution is 0.415. The Balaban J connectivity index is 1.79. The van der Waals surface area contributed by atoms with Crippen LogP contribution in [0.3, 0.4) is 0 Å². The molecule has 0 spiro atoms. The van der Waals surface area contributed by atoms with Crippen molar-refractivity contribution in [2.45, 2.75) is 13.1 Å². The van der Waals surface area contributed by atoms with Gasteiger partial charge in [-0.2, -0.15) is 0 Å². The van der Waals surface area contributed by atoms with Gasteiger partial charge in [0.1, 0.15) is 5.75 Å². The zero-order valence-corrected chi connectivity index (χ0v) is 12.5. The van der Waals surface area contributed by atoms with Crippen LogP contribution in [0.2, 0.25) is 0 Å². The van der Waals surface area contributed by atoms with Gasteiger partial charge in [0.2, 0.25) is 0 Å². The number of H-pyrrole nitrogens is 1. The molecule has 0 aliphatic carbocycles. The summed E-state index contributed by atoms with van der Waals surface area (Å²) in [5, 5.41) is 6.35. The molecule has 4 nitrogen and oxygen atoms in total. The minimum absolute atomic E-state index is 0.0607. The van der Waals surface area contributed by atoms with Crippen LogP contribution in [-0.4, -0.2) is 12.1 Å². The fourth-order valence-corrected chi connectivity index (χ4v) is 2.89. The predicted molar refractivity (Wildman–Crippen MR) is 86.0 cm³/mol. The average Bonchev–Trinajstić information content (AvgIpc) is 3.00. The molecule has 3 aromatic rings. The number of aromatic amines is 1. The quantitative estimate of drug-likeness (QED) is 0.762. The molecule has 0 radical (unpaired) electrons. The van der Waals surface area contributed by atoms with Gasteiger partial charge in [-0.15, -0.1) is 11.3 Å². The summed E-state index contributed by atoms with van der Waals surface area (Å²) in [6, 6.07) is 11.7. The number of hydrogen-bond donors (Lipinski definition) is 2. The van der Waals surface area contributed by atoms with Crippen LogP contribution in [0, 0.1) is 0 Å². The number of aromatic nitrogens is 1. The molecule has 0 atom stereocenters. The molecule has 108 valence electrons. The summed E-state index contributed by atoms with van der Waals surface area (Å²) in [5.41, 5.74) is 1.47. The van der Waals surface area contributed by atoms with E-state index in [1.54, 1.807) is 18.4 Å². The van der Waals surface area contributed by atoms with Gasteiger partial charge in [0.25, 0.3) is 5.56 Å². The molecule has 0 aliphatic rings. The number of pyridine rings is 1. The third kappa shape index (κ3) is 3.15. The molecular weight excluding hydrogens is 284 g/mol. The molecule has 1 aromatic carbocycles. The molecule has 2 heterocycles. The van der Waals surface area contributed by atoms with E-state index in [9.17, 15) is 4.79 Å². The third-order valence-corrected chi connectivity index (χ3v) is 4.20. The van der Waals surface area contributed by atoms with Crippen molar-refractivity contribution in [2.24, 2.45) is 0 Å². The average molecular weight is 300 g/mol. The molecule has 0 aliphatic heterocycles. The molecule has 21 heavy (non-hydrogen) atoms. The van der Waals surface area contributed by atoms with E-state index in [0.717, 1.165) is 28.8 Å². The Labute approximate surface area is 126 Å². The summed E-state index contributed by atoms with van der Waals surface area (Å²) in [6.45, 7) is 1.33. The molecule has 0 unspecified atom stereocenters. The molecular formula is C16H16N2O2S. The number of methoxy groups -OCH3 is 1. The van der Waals surface area contributed by atoms with Gasteiger partial charge < -0.3 is 15.0 Å². The lowest BCUT2D eigenvalue weighted by atomic mass is 10.1. The van der Waals surface area contributed by atoms with Crippen LogP contribution in [0.15, 0.2) is 46.6 Å². The monoisotopic (exact) mass is 300 g/mol. The molecule has 0 amide bonds. The second-order valence-corrected chi connectivity index (χ2v) is 5.79. The lowest BCUT2D eigenvalue weighted by Crippen LogP contribution is -2.20. The van der Waals surface area contributed by atoms with Crippen LogP contribution in [0.4, 0.5) is 0 Å².